The summed E-state index contributed by atoms with van der Waals surface area (Å²) in [7, 11) is 0. The van der Waals surface area contributed by atoms with Crippen LogP contribution in [-0.2, 0) is 11.2 Å². The van der Waals surface area contributed by atoms with Gasteiger partial charge in [0, 0.05) is 18.4 Å². The molecule has 1 atom stereocenters. The van der Waals surface area contributed by atoms with Crippen molar-refractivity contribution in [1.29, 1.82) is 0 Å². The van der Waals surface area contributed by atoms with Gasteiger partial charge < -0.3 is 15.4 Å². The number of nitrogens with one attached hydrogen (secondary N) is 2. The van der Waals surface area contributed by atoms with Crippen LogP contribution in [0.25, 0.3) is 0 Å². The Morgan fingerprint density at radius 2 is 2.05 bits per heavy atom. The predicted molar refractivity (Wildman–Crippen MR) is 68.9 cm³/mol. The molecule has 0 aliphatic rings. The van der Waals surface area contributed by atoms with E-state index in [4.69, 9.17) is 0 Å². The number of hydrogen-bond donors (Lipinski definition) is 3. The highest BCUT2D eigenvalue weighted by Gasteiger charge is 2.10. The lowest BCUT2D eigenvalue weighted by Gasteiger charge is -2.12. The van der Waals surface area contributed by atoms with E-state index in [0.29, 0.717) is 5.56 Å². The molecule has 0 aliphatic carbocycles. The third kappa shape index (κ3) is 3.93. The van der Waals surface area contributed by atoms with Crippen molar-refractivity contribution < 1.29 is 14.3 Å². The summed E-state index contributed by atoms with van der Waals surface area (Å²) in [6, 6.07) is 9.18. The Hall–Kier alpha value is -2.14. The summed E-state index contributed by atoms with van der Waals surface area (Å²) in [6.45, 7) is 0.102. The number of amides is 1. The zero-order valence-electron chi connectivity index (χ0n) is 10.3. The van der Waals surface area contributed by atoms with Crippen molar-refractivity contribution in [2.24, 2.45) is 0 Å². The topological polar surface area (TPSA) is 65.1 Å². The molecule has 0 fully saturated rings. The third-order valence-corrected chi connectivity index (χ3v) is 2.76. The number of aromatic nitrogens is 1. The molecule has 2 rings (SSSR count). The smallest absolute Gasteiger partial charge is 0.226 e. The zero-order valence-corrected chi connectivity index (χ0v) is 10.3. The number of hydrogen-bond acceptors (Lipinski definition) is 2. The van der Waals surface area contributed by atoms with Crippen molar-refractivity contribution in [2.45, 2.75) is 12.5 Å². The summed E-state index contributed by atoms with van der Waals surface area (Å²) in [6.07, 6.45) is 1.15. The Bertz CT molecular complexity index is 523. The van der Waals surface area contributed by atoms with Crippen molar-refractivity contribution in [2.75, 3.05) is 6.54 Å². The highest BCUT2D eigenvalue weighted by atomic mass is 19.1. The standard InChI is InChI=1S/C14H15FN2O2/c15-11-5-3-10(4-6-11)13(18)9-17-14(19)8-12-2-1-7-16-12/h1-7,13,16,18H,8-9H2,(H,17,19). The second-order valence-electron chi connectivity index (χ2n) is 4.24. The largest absolute Gasteiger partial charge is 0.387 e. The Kier molecular flexibility index (Phi) is 4.30. The number of H-pyrrole nitrogens is 1. The molecule has 1 aromatic heterocycles. The fourth-order valence-electron chi connectivity index (χ4n) is 1.73. The van der Waals surface area contributed by atoms with Crippen LogP contribution < -0.4 is 5.32 Å². The molecule has 1 heterocycles. The van der Waals surface area contributed by atoms with E-state index in [9.17, 15) is 14.3 Å². The Morgan fingerprint density at radius 1 is 1.32 bits per heavy atom. The number of carbonyl (C=O) groups excluding carboxylic acids is 1. The molecule has 0 saturated carbocycles. The summed E-state index contributed by atoms with van der Waals surface area (Å²) >= 11 is 0. The van der Waals surface area contributed by atoms with Gasteiger partial charge in [0.15, 0.2) is 0 Å². The van der Waals surface area contributed by atoms with Crippen LogP contribution in [0.15, 0.2) is 42.6 Å². The molecule has 0 bridgehead atoms. The van der Waals surface area contributed by atoms with Crippen LogP contribution in [0.1, 0.15) is 17.4 Å². The summed E-state index contributed by atoms with van der Waals surface area (Å²) in [5.74, 6) is -0.532. The Morgan fingerprint density at radius 3 is 2.68 bits per heavy atom. The molecule has 3 N–H and O–H groups in total. The van der Waals surface area contributed by atoms with E-state index >= 15 is 0 Å². The lowest BCUT2D eigenvalue weighted by Crippen LogP contribution is -2.29. The van der Waals surface area contributed by atoms with E-state index in [1.165, 1.54) is 24.3 Å². The van der Waals surface area contributed by atoms with E-state index in [1.807, 2.05) is 12.1 Å². The van der Waals surface area contributed by atoms with E-state index in [2.05, 4.69) is 10.3 Å². The molecule has 1 aromatic carbocycles. The summed E-state index contributed by atoms with van der Waals surface area (Å²) in [4.78, 5) is 14.5. The number of carbonyl (C=O) groups is 1. The van der Waals surface area contributed by atoms with Crippen LogP contribution in [-0.4, -0.2) is 22.5 Å². The molecule has 0 radical (unpaired) electrons. The second-order valence-corrected chi connectivity index (χ2v) is 4.24. The maximum Gasteiger partial charge on any atom is 0.226 e. The highest BCUT2D eigenvalue weighted by Crippen LogP contribution is 2.12. The first-order chi connectivity index (χ1) is 9.15. The van der Waals surface area contributed by atoms with Gasteiger partial charge in [0.25, 0.3) is 0 Å². The summed E-state index contributed by atoms with van der Waals surface area (Å²) < 4.78 is 12.7. The van der Waals surface area contributed by atoms with Gasteiger partial charge >= 0.3 is 0 Å². The molecule has 100 valence electrons. The predicted octanol–water partition coefficient (Wildman–Crippen LogP) is 1.55. The highest BCUT2D eigenvalue weighted by molar-refractivity contribution is 5.78. The lowest BCUT2D eigenvalue weighted by atomic mass is 10.1. The minimum Gasteiger partial charge on any atom is -0.387 e. The lowest BCUT2D eigenvalue weighted by molar-refractivity contribution is -0.120. The fourth-order valence-corrected chi connectivity index (χ4v) is 1.73. The number of rotatable bonds is 5. The minimum atomic E-state index is -0.840. The molecule has 5 heteroatoms. The number of halogens is 1. The van der Waals surface area contributed by atoms with Crippen molar-refractivity contribution in [1.82, 2.24) is 10.3 Å². The first kappa shape index (κ1) is 13.3. The average Bonchev–Trinajstić information content (AvgIpc) is 2.89. The summed E-state index contributed by atoms with van der Waals surface area (Å²) in [5, 5.41) is 12.5. The normalized spacial score (nSPS) is 12.1. The van der Waals surface area contributed by atoms with Crippen molar-refractivity contribution in [3.05, 3.63) is 59.7 Å². The SMILES string of the molecule is O=C(Cc1ccc[nH]1)NCC(O)c1ccc(F)cc1. The van der Waals surface area contributed by atoms with Crippen LogP contribution in [0.2, 0.25) is 0 Å². The van der Waals surface area contributed by atoms with Crippen molar-refractivity contribution in [3.63, 3.8) is 0 Å². The molecule has 1 unspecified atom stereocenters. The molecule has 0 saturated heterocycles. The average molecular weight is 262 g/mol. The van der Waals surface area contributed by atoms with E-state index < -0.39 is 6.10 Å². The van der Waals surface area contributed by atoms with Gasteiger partial charge in [-0.2, -0.15) is 0 Å². The second kappa shape index (κ2) is 6.15. The number of benzene rings is 1. The van der Waals surface area contributed by atoms with Crippen LogP contribution in [0.3, 0.4) is 0 Å². The maximum absolute atomic E-state index is 12.7. The first-order valence-electron chi connectivity index (χ1n) is 5.97. The quantitative estimate of drug-likeness (QED) is 0.765. The first-order valence-corrected chi connectivity index (χ1v) is 5.97. The van der Waals surface area contributed by atoms with Gasteiger partial charge in [0.1, 0.15) is 5.82 Å². The van der Waals surface area contributed by atoms with Gasteiger partial charge in [-0.15, -0.1) is 0 Å². The molecule has 0 aliphatic heterocycles. The maximum atomic E-state index is 12.7. The molecular weight excluding hydrogens is 247 g/mol. The molecular formula is C14H15FN2O2. The van der Waals surface area contributed by atoms with Crippen LogP contribution >= 0.6 is 0 Å². The number of aliphatic hydroxyl groups excluding tert-OH is 1. The van der Waals surface area contributed by atoms with Gasteiger partial charge in [-0.3, -0.25) is 4.79 Å². The third-order valence-electron chi connectivity index (χ3n) is 2.76. The van der Waals surface area contributed by atoms with Crippen molar-refractivity contribution >= 4 is 5.91 Å². The molecule has 4 nitrogen and oxygen atoms in total. The summed E-state index contributed by atoms with van der Waals surface area (Å²) in [5.41, 5.74) is 1.38. The molecule has 19 heavy (non-hydrogen) atoms. The number of aliphatic hydroxyl groups is 1. The monoisotopic (exact) mass is 262 g/mol. The fraction of sp³-hybridized carbons (Fsp3) is 0.214. The van der Waals surface area contributed by atoms with Crippen LogP contribution in [0.5, 0.6) is 0 Å². The van der Waals surface area contributed by atoms with Gasteiger partial charge in [-0.05, 0) is 29.8 Å². The van der Waals surface area contributed by atoms with Gasteiger partial charge in [-0.1, -0.05) is 12.1 Å². The molecule has 2 aromatic rings. The van der Waals surface area contributed by atoms with Gasteiger partial charge in [0.2, 0.25) is 5.91 Å². The van der Waals surface area contributed by atoms with E-state index in [-0.39, 0.29) is 24.7 Å². The van der Waals surface area contributed by atoms with Crippen LogP contribution in [0.4, 0.5) is 4.39 Å². The molecule has 1 amide bonds. The zero-order chi connectivity index (χ0) is 13.7. The Labute approximate surface area is 110 Å². The van der Waals surface area contributed by atoms with Crippen LogP contribution in [0, 0.1) is 5.82 Å². The Balaban J connectivity index is 1.81. The van der Waals surface area contributed by atoms with E-state index in [0.717, 1.165) is 5.69 Å². The van der Waals surface area contributed by atoms with Gasteiger partial charge in [-0.25, -0.2) is 4.39 Å². The van der Waals surface area contributed by atoms with Crippen molar-refractivity contribution in [3.8, 4) is 0 Å². The minimum absolute atomic E-state index is 0.102. The molecule has 0 spiro atoms. The van der Waals surface area contributed by atoms with Gasteiger partial charge in [0.05, 0.1) is 12.5 Å². The number of aromatic amines is 1. The van der Waals surface area contributed by atoms with E-state index in [1.54, 1.807) is 6.20 Å².